The lowest BCUT2D eigenvalue weighted by Gasteiger charge is -2.26. The molecule has 342 valence electrons. The van der Waals surface area contributed by atoms with Crippen molar-refractivity contribution in [1.82, 2.24) is 21.7 Å². The van der Waals surface area contributed by atoms with Crippen LogP contribution in [0.2, 0.25) is 0 Å². The first-order valence-corrected chi connectivity index (χ1v) is 28.0. The highest BCUT2D eigenvalue weighted by atomic mass is 33.5. The Morgan fingerprint density at radius 3 is 0.694 bits per heavy atom. The van der Waals surface area contributed by atoms with E-state index in [-0.39, 0.29) is 0 Å². The lowest BCUT2D eigenvalue weighted by Crippen LogP contribution is -2.16. The number of nitrogens with two attached hydrogens (primary N) is 8. The molecule has 0 aromatic heterocycles. The number of hydrogen-bond donors (Lipinski definition) is 12. The van der Waals surface area contributed by atoms with Crippen molar-refractivity contribution < 1.29 is 18.1 Å². The van der Waals surface area contributed by atoms with E-state index >= 15 is 0 Å². The zero-order valence-electron chi connectivity index (χ0n) is 36.3. The zero-order valence-corrected chi connectivity index (χ0v) is 41.4. The molecule has 0 radical (unpaired) electrons. The Bertz CT molecular complexity index is 1790. The Morgan fingerprint density at radius 1 is 0.387 bits per heavy atom. The Balaban J connectivity index is 0.00000439. The normalized spacial score (nSPS) is 12.3. The predicted molar refractivity (Wildman–Crippen MR) is 275 cm³/mol. The van der Waals surface area contributed by atoms with Gasteiger partial charge in [-0.1, -0.05) is 55.4 Å². The van der Waals surface area contributed by atoms with E-state index in [0.29, 0.717) is 68.0 Å². The average Bonchev–Trinajstić information content (AvgIpc) is 3.30. The van der Waals surface area contributed by atoms with Gasteiger partial charge in [0.1, 0.15) is 23.0 Å². The molecule has 0 bridgehead atoms. The van der Waals surface area contributed by atoms with Gasteiger partial charge in [0.15, 0.2) is 0 Å². The van der Waals surface area contributed by atoms with Crippen LogP contribution in [0.4, 0.5) is 0 Å². The van der Waals surface area contributed by atoms with Crippen LogP contribution < -0.4 is 86.1 Å². The van der Waals surface area contributed by atoms with Crippen LogP contribution in [0.3, 0.4) is 0 Å². The summed E-state index contributed by atoms with van der Waals surface area (Å²) in [7, 11) is 2.18. The van der Waals surface area contributed by atoms with Gasteiger partial charge in [-0.15, -0.1) is 0 Å². The lowest BCUT2D eigenvalue weighted by molar-refractivity contribution is 0.505. The fourth-order valence-corrected chi connectivity index (χ4v) is 20.4. The standard InChI is InChI=1S/C32H40N12O4P2S4.4C2H6/c33-29(17-41-37)21-1-9-25(10-2-21)45-49(51,46-26-11-3-22(4-12-26)30(34)18-42-38)53-54-50(52,47-27-13-5-23(6-14-27)31(35)19-43-39)48-28-15-7-24(8-16-28)32(36)20-44-40;4*1-2/h1-20,41-44H,33-40H2;4*1-2H3/b29-17-,30-18-,31-19-,32-20-;;;;. The third kappa shape index (κ3) is 20.0. The van der Waals surface area contributed by atoms with Gasteiger partial charge < -0.3 is 62.7 Å². The fourth-order valence-electron chi connectivity index (χ4n) is 4.22. The van der Waals surface area contributed by atoms with Gasteiger partial charge in [-0.05, 0) is 119 Å². The predicted octanol–water partition coefficient (Wildman–Crippen LogP) is 8.12. The molecular formula is C40H64N12O4P2S4. The van der Waals surface area contributed by atoms with Gasteiger partial charge in [0.2, 0.25) is 0 Å². The fraction of sp³-hybridized carbons (Fsp3) is 0.200. The van der Waals surface area contributed by atoms with Gasteiger partial charge in [-0.3, -0.25) is 23.4 Å². The molecule has 22 heteroatoms. The van der Waals surface area contributed by atoms with Gasteiger partial charge in [0.25, 0.3) is 0 Å². The Kier molecular flexibility index (Phi) is 29.6. The second-order valence-corrected chi connectivity index (χ2v) is 24.1. The number of benzene rings is 4. The lowest BCUT2D eigenvalue weighted by atomic mass is 10.2. The van der Waals surface area contributed by atoms with Crippen LogP contribution >= 0.6 is 32.2 Å². The molecule has 0 fully saturated rings. The molecule has 0 spiro atoms. The molecule has 16 nitrogen and oxygen atoms in total. The summed E-state index contributed by atoms with van der Waals surface area (Å²) in [5.41, 5.74) is 31.7. The molecule has 0 aliphatic carbocycles. The molecule has 4 aromatic rings. The van der Waals surface area contributed by atoms with E-state index in [1.165, 1.54) is 24.8 Å². The van der Waals surface area contributed by atoms with Crippen LogP contribution in [0.5, 0.6) is 23.0 Å². The molecule has 4 aromatic carbocycles. The average molecular weight is 967 g/mol. The zero-order chi connectivity index (χ0) is 47.1. The van der Waals surface area contributed by atoms with E-state index in [2.05, 4.69) is 21.7 Å². The summed E-state index contributed by atoms with van der Waals surface area (Å²) in [6, 6.07) is 27.7. The smallest absolute Gasteiger partial charge is 0.359 e. The molecule has 0 amide bonds. The van der Waals surface area contributed by atoms with Gasteiger partial charge in [0, 0.05) is 69.2 Å². The summed E-state index contributed by atoms with van der Waals surface area (Å²) in [5, 5.41) is 0. The topological polar surface area (TPSA) is 293 Å². The van der Waals surface area contributed by atoms with E-state index in [0.717, 1.165) is 20.8 Å². The van der Waals surface area contributed by atoms with Gasteiger partial charge in [-0.2, -0.15) is 0 Å². The number of rotatable bonds is 19. The molecule has 20 N–H and O–H groups in total. The Hall–Kier alpha value is -4.72. The largest absolute Gasteiger partial charge is 0.428 e. The SMILES string of the molecule is CC.CC.CC.CC.NN/C=C(\N)c1ccc(OP(=S)(Oc2ccc(/C(N)=C/NN)cc2)SSP(=S)(Oc2ccc(/C(N)=C/NN)cc2)Oc2ccc(/C(N)=C/NN)cc2)cc1. The first-order valence-electron chi connectivity index (χ1n) is 19.3. The molecule has 62 heavy (non-hydrogen) atoms. The summed E-state index contributed by atoms with van der Waals surface area (Å²) in [6.45, 7) is 16.0. The maximum Gasteiger partial charge on any atom is 0.359 e. The molecule has 0 atom stereocenters. The summed E-state index contributed by atoms with van der Waals surface area (Å²) in [4.78, 5) is 0. The molecule has 4 rings (SSSR count). The molecule has 0 saturated carbocycles. The van der Waals surface area contributed by atoms with Crippen LogP contribution in [0.25, 0.3) is 22.8 Å². The summed E-state index contributed by atoms with van der Waals surface area (Å²) in [5.74, 6) is 23.2. The molecular weight excluding hydrogens is 903 g/mol. The van der Waals surface area contributed by atoms with Gasteiger partial charge in [0.05, 0.1) is 22.8 Å². The number of nitrogens with one attached hydrogen (secondary N) is 4. The Morgan fingerprint density at radius 2 is 0.548 bits per heavy atom. The van der Waals surface area contributed by atoms with Gasteiger partial charge >= 0.3 is 11.4 Å². The van der Waals surface area contributed by atoms with E-state index in [1.807, 2.05) is 55.4 Å². The van der Waals surface area contributed by atoms with E-state index in [9.17, 15) is 0 Å². The van der Waals surface area contributed by atoms with Crippen LogP contribution in [0, 0.1) is 0 Å². The van der Waals surface area contributed by atoms with Crippen LogP contribution in [0.15, 0.2) is 122 Å². The Labute approximate surface area is 385 Å². The molecule has 0 unspecified atom stereocenters. The molecule has 0 saturated heterocycles. The number of hydrazine groups is 4. The summed E-state index contributed by atoms with van der Waals surface area (Å²) < 4.78 is 25.7. The van der Waals surface area contributed by atoms with Crippen molar-refractivity contribution in [3.05, 3.63) is 144 Å². The van der Waals surface area contributed by atoms with Gasteiger partial charge in [-0.25, -0.2) is 0 Å². The van der Waals surface area contributed by atoms with Crippen molar-refractivity contribution in [2.45, 2.75) is 55.4 Å². The minimum atomic E-state index is -3.36. The second-order valence-electron chi connectivity index (χ2n) is 10.6. The molecule has 0 aliphatic rings. The van der Waals surface area contributed by atoms with Crippen molar-refractivity contribution in [3.8, 4) is 23.0 Å². The van der Waals surface area contributed by atoms with E-state index in [1.54, 1.807) is 97.1 Å². The van der Waals surface area contributed by atoms with Crippen molar-refractivity contribution in [3.63, 3.8) is 0 Å². The van der Waals surface area contributed by atoms with E-state index in [4.69, 9.17) is 88.0 Å². The van der Waals surface area contributed by atoms with Crippen molar-refractivity contribution >= 4 is 78.6 Å². The minimum Gasteiger partial charge on any atom is -0.428 e. The highest BCUT2D eigenvalue weighted by Gasteiger charge is 2.34. The van der Waals surface area contributed by atoms with Crippen molar-refractivity contribution in [1.29, 1.82) is 0 Å². The van der Waals surface area contributed by atoms with Crippen LogP contribution in [-0.2, 0) is 23.6 Å². The van der Waals surface area contributed by atoms with Crippen molar-refractivity contribution in [2.24, 2.45) is 46.3 Å². The first kappa shape index (κ1) is 57.3. The summed E-state index contributed by atoms with van der Waals surface area (Å²) >= 11 is 12.3. The molecule has 0 aliphatic heterocycles. The molecule has 0 heterocycles. The monoisotopic (exact) mass is 966 g/mol. The second kappa shape index (κ2) is 32.0. The number of hydrogen-bond acceptors (Lipinski definition) is 20. The maximum absolute atomic E-state index is 6.41. The maximum atomic E-state index is 6.41. The minimum absolute atomic E-state index is 0.415. The third-order valence-corrected chi connectivity index (χ3v) is 21.0. The third-order valence-electron chi connectivity index (χ3n) is 6.79. The highest BCUT2D eigenvalue weighted by molar-refractivity contribution is 9.18. The van der Waals surface area contributed by atoms with Crippen molar-refractivity contribution in [2.75, 3.05) is 0 Å². The van der Waals surface area contributed by atoms with Crippen LogP contribution in [-0.4, -0.2) is 0 Å². The van der Waals surface area contributed by atoms with E-state index < -0.39 is 11.4 Å². The first-order chi connectivity index (χ1) is 29.9. The highest BCUT2D eigenvalue weighted by Crippen LogP contribution is 2.75. The van der Waals surface area contributed by atoms with Crippen LogP contribution in [0.1, 0.15) is 77.6 Å². The quantitative estimate of drug-likeness (QED) is 0.0183. The summed E-state index contributed by atoms with van der Waals surface area (Å²) in [6.07, 6.45) is 5.85.